The van der Waals surface area contributed by atoms with Crippen molar-refractivity contribution in [3.63, 3.8) is 0 Å². The Balaban J connectivity index is 0.000000461. The molecular weight excluding hydrogens is 148 g/mol. The molecule has 1 fully saturated rings. The summed E-state index contributed by atoms with van der Waals surface area (Å²) >= 11 is 0. The van der Waals surface area contributed by atoms with Crippen molar-refractivity contribution in [3.8, 4) is 0 Å². The molecule has 0 amide bonds. The van der Waals surface area contributed by atoms with Crippen LogP contribution in [0.3, 0.4) is 0 Å². The van der Waals surface area contributed by atoms with Crippen molar-refractivity contribution in [1.29, 1.82) is 0 Å². The van der Waals surface area contributed by atoms with Crippen LogP contribution in [-0.2, 0) is 0 Å². The third-order valence-electron chi connectivity index (χ3n) is 1.59. The lowest BCUT2D eigenvalue weighted by atomic mass is 10.0. The molecule has 3 heteroatoms. The molecule has 1 atom stereocenters. The highest BCUT2D eigenvalue weighted by molar-refractivity contribution is 4.79. The van der Waals surface area contributed by atoms with Gasteiger partial charge in [0.05, 0.1) is 0 Å². The van der Waals surface area contributed by atoms with Crippen molar-refractivity contribution in [2.45, 2.75) is 45.6 Å². The van der Waals surface area contributed by atoms with Crippen LogP contribution in [0.5, 0.6) is 0 Å². The predicted octanol–water partition coefficient (Wildman–Crippen LogP) is 2.42. The van der Waals surface area contributed by atoms with Gasteiger partial charge in [0, 0.05) is 25.4 Å². The van der Waals surface area contributed by atoms with Gasteiger partial charge in [0.2, 0.25) is 0 Å². The predicted molar refractivity (Wildman–Crippen MR) is 43.0 cm³/mol. The fourth-order valence-electron chi connectivity index (χ4n) is 1.12. The summed E-state index contributed by atoms with van der Waals surface area (Å²) in [5.74, 6) is -2.41. The Bertz CT molecular complexity index is 104. The number of piperidine rings is 1. The van der Waals surface area contributed by atoms with Crippen molar-refractivity contribution in [2.24, 2.45) is 0 Å². The largest absolute Gasteiger partial charge is 0.314 e. The van der Waals surface area contributed by atoms with Gasteiger partial charge in [-0.15, -0.1) is 0 Å². The Morgan fingerprint density at radius 2 is 1.91 bits per heavy atom. The molecule has 0 saturated carbocycles. The van der Waals surface area contributed by atoms with Gasteiger partial charge in [-0.1, -0.05) is 13.8 Å². The van der Waals surface area contributed by atoms with Crippen LogP contribution in [0.1, 0.15) is 33.6 Å². The maximum atomic E-state index is 12.4. The summed E-state index contributed by atoms with van der Waals surface area (Å²) in [7, 11) is 0. The molecule has 1 aliphatic rings. The second-order valence-electron chi connectivity index (χ2n) is 2.67. The van der Waals surface area contributed by atoms with E-state index >= 15 is 0 Å². The lowest BCUT2D eigenvalue weighted by Gasteiger charge is -2.27. The first kappa shape index (κ1) is 10.8. The molecule has 0 aliphatic carbocycles. The SMILES string of the molecule is CC.C[C@H]1CC(F)(F)CCN1. The third kappa shape index (κ3) is 4.30. The van der Waals surface area contributed by atoms with E-state index in [-0.39, 0.29) is 18.9 Å². The van der Waals surface area contributed by atoms with Crippen LogP contribution in [-0.4, -0.2) is 18.5 Å². The van der Waals surface area contributed by atoms with E-state index in [0.717, 1.165) is 0 Å². The molecule has 1 N–H and O–H groups in total. The van der Waals surface area contributed by atoms with E-state index in [1.54, 1.807) is 6.92 Å². The maximum absolute atomic E-state index is 12.4. The van der Waals surface area contributed by atoms with Crippen molar-refractivity contribution < 1.29 is 8.78 Å². The van der Waals surface area contributed by atoms with Gasteiger partial charge in [-0.3, -0.25) is 0 Å². The first-order valence-electron chi connectivity index (χ1n) is 4.21. The highest BCUT2D eigenvalue weighted by Gasteiger charge is 2.33. The van der Waals surface area contributed by atoms with E-state index < -0.39 is 5.92 Å². The van der Waals surface area contributed by atoms with E-state index in [9.17, 15) is 8.78 Å². The average Bonchev–Trinajstić information content (AvgIpc) is 1.89. The zero-order valence-corrected chi connectivity index (χ0v) is 7.45. The molecule has 0 unspecified atom stereocenters. The molecule has 1 rings (SSSR count). The quantitative estimate of drug-likeness (QED) is 0.581. The number of hydrogen-bond donors (Lipinski definition) is 1. The Morgan fingerprint density at radius 3 is 2.18 bits per heavy atom. The van der Waals surface area contributed by atoms with Crippen molar-refractivity contribution in [1.82, 2.24) is 5.32 Å². The fourth-order valence-corrected chi connectivity index (χ4v) is 1.12. The summed E-state index contributed by atoms with van der Waals surface area (Å²) < 4.78 is 24.8. The van der Waals surface area contributed by atoms with Gasteiger partial charge in [-0.25, -0.2) is 8.78 Å². The second kappa shape index (κ2) is 4.65. The highest BCUT2D eigenvalue weighted by atomic mass is 19.3. The molecule has 68 valence electrons. The van der Waals surface area contributed by atoms with E-state index in [0.29, 0.717) is 6.54 Å². The molecule has 1 aliphatic heterocycles. The van der Waals surface area contributed by atoms with Gasteiger partial charge in [0.15, 0.2) is 0 Å². The third-order valence-corrected chi connectivity index (χ3v) is 1.59. The van der Waals surface area contributed by atoms with Crippen LogP contribution in [0.2, 0.25) is 0 Å². The molecule has 1 nitrogen and oxygen atoms in total. The van der Waals surface area contributed by atoms with Gasteiger partial charge in [-0.2, -0.15) is 0 Å². The van der Waals surface area contributed by atoms with Gasteiger partial charge in [-0.05, 0) is 6.92 Å². The average molecular weight is 165 g/mol. The number of hydrogen-bond acceptors (Lipinski definition) is 1. The first-order valence-corrected chi connectivity index (χ1v) is 4.21. The molecule has 11 heavy (non-hydrogen) atoms. The summed E-state index contributed by atoms with van der Waals surface area (Å²) in [6.45, 7) is 6.24. The molecule has 1 saturated heterocycles. The van der Waals surface area contributed by atoms with Crippen molar-refractivity contribution in [2.75, 3.05) is 6.54 Å². The molecule has 0 aromatic heterocycles. The van der Waals surface area contributed by atoms with Gasteiger partial charge < -0.3 is 5.32 Å². The number of halogens is 2. The van der Waals surface area contributed by atoms with Gasteiger partial charge in [0.25, 0.3) is 5.92 Å². The molecule has 1 heterocycles. The lowest BCUT2D eigenvalue weighted by Crippen LogP contribution is -2.41. The molecule has 0 aromatic carbocycles. The summed E-state index contributed by atoms with van der Waals surface area (Å²) in [6, 6.07) is -0.0197. The Labute approximate surface area is 67.2 Å². The minimum Gasteiger partial charge on any atom is -0.314 e. The molecule has 0 radical (unpaired) electrons. The van der Waals surface area contributed by atoms with E-state index in [1.165, 1.54) is 0 Å². The Morgan fingerprint density at radius 1 is 1.36 bits per heavy atom. The van der Waals surface area contributed by atoms with E-state index in [4.69, 9.17) is 0 Å². The summed E-state index contributed by atoms with van der Waals surface area (Å²) in [4.78, 5) is 0. The number of rotatable bonds is 0. The van der Waals surface area contributed by atoms with Crippen LogP contribution < -0.4 is 5.32 Å². The Kier molecular flexibility index (Phi) is 4.57. The van der Waals surface area contributed by atoms with Gasteiger partial charge in [0.1, 0.15) is 0 Å². The van der Waals surface area contributed by atoms with Crippen molar-refractivity contribution >= 4 is 0 Å². The summed E-state index contributed by atoms with van der Waals surface area (Å²) in [5, 5.41) is 2.96. The molecule has 0 bridgehead atoms. The summed E-state index contributed by atoms with van der Waals surface area (Å²) in [6.07, 6.45) is -0.00958. The van der Waals surface area contributed by atoms with Crippen LogP contribution in [0.25, 0.3) is 0 Å². The maximum Gasteiger partial charge on any atom is 0.250 e. The van der Waals surface area contributed by atoms with Crippen LogP contribution in [0.4, 0.5) is 8.78 Å². The molecule has 0 aromatic rings. The molecule has 0 spiro atoms. The minimum absolute atomic E-state index is 0.00264. The molecular formula is C8H17F2N. The number of nitrogens with one attached hydrogen (secondary N) is 1. The minimum atomic E-state index is -2.41. The van der Waals surface area contributed by atoms with E-state index in [2.05, 4.69) is 5.32 Å². The van der Waals surface area contributed by atoms with Crippen molar-refractivity contribution in [3.05, 3.63) is 0 Å². The normalized spacial score (nSPS) is 28.6. The van der Waals surface area contributed by atoms with Crippen LogP contribution in [0, 0.1) is 0 Å². The second-order valence-corrected chi connectivity index (χ2v) is 2.67. The zero-order chi connectivity index (χ0) is 8.91. The highest BCUT2D eigenvalue weighted by Crippen LogP contribution is 2.26. The number of alkyl halides is 2. The van der Waals surface area contributed by atoms with Crippen LogP contribution in [0.15, 0.2) is 0 Å². The standard InChI is InChI=1S/C6H11F2N.C2H6/c1-5-4-6(7,8)2-3-9-5;1-2/h5,9H,2-4H2,1H3;1-2H3/t5-;/m0./s1. The van der Waals surface area contributed by atoms with E-state index in [1.807, 2.05) is 13.8 Å². The summed E-state index contributed by atoms with van der Waals surface area (Å²) in [5.41, 5.74) is 0. The fraction of sp³-hybridized carbons (Fsp3) is 1.00. The van der Waals surface area contributed by atoms with Gasteiger partial charge >= 0.3 is 0 Å². The zero-order valence-electron chi connectivity index (χ0n) is 7.45. The topological polar surface area (TPSA) is 12.0 Å². The smallest absolute Gasteiger partial charge is 0.250 e. The first-order chi connectivity index (χ1) is 5.10. The Hall–Kier alpha value is -0.180. The lowest BCUT2D eigenvalue weighted by molar-refractivity contribution is -0.0387. The monoisotopic (exact) mass is 165 g/mol. The van der Waals surface area contributed by atoms with Crippen LogP contribution >= 0.6 is 0 Å².